The molecule has 0 aromatic heterocycles. The Hall–Kier alpha value is -3.15. The third-order valence-corrected chi connectivity index (χ3v) is 4.00. The van der Waals surface area contributed by atoms with Gasteiger partial charge in [-0.3, -0.25) is 4.79 Å². The Labute approximate surface area is 152 Å². The van der Waals surface area contributed by atoms with Crippen LogP contribution in [0.25, 0.3) is 0 Å². The smallest absolute Gasteiger partial charge is 0.322 e. The highest BCUT2D eigenvalue weighted by molar-refractivity contribution is 5.98. The molecular weight excluding hydrogens is 333 g/mol. The van der Waals surface area contributed by atoms with E-state index in [0.717, 1.165) is 0 Å². The normalized spacial score (nSPS) is 10.1. The Morgan fingerprint density at radius 1 is 1.19 bits per heavy atom. The lowest BCUT2D eigenvalue weighted by molar-refractivity contribution is 0.0962. The zero-order valence-corrected chi connectivity index (χ0v) is 14.9. The Morgan fingerprint density at radius 3 is 2.58 bits per heavy atom. The number of rotatable bonds is 6. The van der Waals surface area contributed by atoms with Gasteiger partial charge in [-0.25, -0.2) is 9.18 Å². The minimum atomic E-state index is -0.398. The van der Waals surface area contributed by atoms with Crippen molar-refractivity contribution in [1.82, 2.24) is 10.2 Å². The summed E-state index contributed by atoms with van der Waals surface area (Å²) in [6, 6.07) is 11.0. The Bertz CT molecular complexity index is 820. The summed E-state index contributed by atoms with van der Waals surface area (Å²) in [7, 11) is 1.55. The summed E-state index contributed by atoms with van der Waals surface area (Å²) in [6.45, 7) is 5.78. The molecule has 0 saturated carbocycles. The lowest BCUT2D eigenvalue weighted by atomic mass is 10.1. The summed E-state index contributed by atoms with van der Waals surface area (Å²) in [4.78, 5) is 26.0. The van der Waals surface area contributed by atoms with E-state index >= 15 is 0 Å². The highest BCUT2D eigenvalue weighted by Crippen LogP contribution is 2.20. The number of nitrogens with zero attached hydrogens (tertiary/aromatic N) is 1. The van der Waals surface area contributed by atoms with Crippen molar-refractivity contribution in [3.05, 3.63) is 77.6 Å². The molecule has 6 heteroatoms. The second-order valence-corrected chi connectivity index (χ2v) is 5.75. The molecule has 2 rings (SSSR count). The molecular formula is C20H22FN3O2. The number of carbonyl (C=O) groups excluding carboxylic acids is 2. The monoisotopic (exact) mass is 355 g/mol. The van der Waals surface area contributed by atoms with Gasteiger partial charge in [0.05, 0.1) is 6.54 Å². The largest absolute Gasteiger partial charge is 0.355 e. The minimum Gasteiger partial charge on any atom is -0.355 e. The molecule has 0 fully saturated rings. The van der Waals surface area contributed by atoms with Crippen molar-refractivity contribution in [2.24, 2.45) is 0 Å². The molecule has 0 heterocycles. The van der Waals surface area contributed by atoms with Crippen LogP contribution >= 0.6 is 0 Å². The zero-order chi connectivity index (χ0) is 19.1. The predicted octanol–water partition coefficient (Wildman–Crippen LogP) is 3.71. The van der Waals surface area contributed by atoms with Crippen LogP contribution < -0.4 is 10.6 Å². The van der Waals surface area contributed by atoms with E-state index in [1.165, 1.54) is 11.0 Å². The maximum atomic E-state index is 13.9. The molecule has 0 radical (unpaired) electrons. The number of hydrogen-bond acceptors (Lipinski definition) is 2. The summed E-state index contributed by atoms with van der Waals surface area (Å²) in [5.41, 5.74) is 2.08. The average molecular weight is 355 g/mol. The van der Waals surface area contributed by atoms with Gasteiger partial charge in [0.25, 0.3) is 5.91 Å². The van der Waals surface area contributed by atoms with E-state index in [1.807, 2.05) is 0 Å². The molecule has 2 N–H and O–H groups in total. The van der Waals surface area contributed by atoms with Crippen molar-refractivity contribution in [3.63, 3.8) is 0 Å². The van der Waals surface area contributed by atoms with Gasteiger partial charge in [-0.15, -0.1) is 6.58 Å². The molecule has 3 amide bonds. The van der Waals surface area contributed by atoms with E-state index in [-0.39, 0.29) is 24.8 Å². The van der Waals surface area contributed by atoms with Gasteiger partial charge in [0, 0.05) is 30.4 Å². The van der Waals surface area contributed by atoms with Crippen molar-refractivity contribution in [2.45, 2.75) is 13.5 Å². The number of urea groups is 1. The fraction of sp³-hybridized carbons (Fsp3) is 0.200. The minimum absolute atomic E-state index is 0.110. The standard InChI is InChI=1S/C20H22FN3O2/c1-4-12-24(13-15-8-5-6-10-17(15)21)20(26)23-18-11-7-9-16(14(18)2)19(25)22-3/h4-11H,1,12-13H2,2-3H3,(H,22,25)(H,23,26). The van der Waals surface area contributed by atoms with E-state index in [9.17, 15) is 14.0 Å². The predicted molar refractivity (Wildman–Crippen MR) is 101 cm³/mol. The van der Waals surface area contributed by atoms with Gasteiger partial charge in [-0.1, -0.05) is 30.3 Å². The molecule has 0 unspecified atom stereocenters. The molecule has 2 aromatic carbocycles. The molecule has 26 heavy (non-hydrogen) atoms. The molecule has 0 aliphatic carbocycles. The van der Waals surface area contributed by atoms with Crippen LogP contribution in [0.3, 0.4) is 0 Å². The average Bonchev–Trinajstić information content (AvgIpc) is 2.64. The SMILES string of the molecule is C=CCN(Cc1ccccc1F)C(=O)Nc1cccc(C(=O)NC)c1C. The molecule has 0 bridgehead atoms. The van der Waals surface area contributed by atoms with Crippen molar-refractivity contribution >= 4 is 17.6 Å². The maximum absolute atomic E-state index is 13.9. The van der Waals surface area contributed by atoms with Gasteiger partial charge in [-0.2, -0.15) is 0 Å². The number of hydrogen-bond donors (Lipinski definition) is 2. The number of halogens is 1. The summed E-state index contributed by atoms with van der Waals surface area (Å²) in [6.07, 6.45) is 1.58. The van der Waals surface area contributed by atoms with Crippen LogP contribution in [-0.4, -0.2) is 30.4 Å². The van der Waals surface area contributed by atoms with Crippen molar-refractivity contribution in [2.75, 3.05) is 18.9 Å². The molecule has 2 aromatic rings. The van der Waals surface area contributed by atoms with E-state index in [1.54, 1.807) is 56.4 Å². The van der Waals surface area contributed by atoms with Gasteiger partial charge >= 0.3 is 6.03 Å². The van der Waals surface area contributed by atoms with E-state index < -0.39 is 6.03 Å². The van der Waals surface area contributed by atoms with Crippen molar-refractivity contribution in [1.29, 1.82) is 0 Å². The quantitative estimate of drug-likeness (QED) is 0.776. The highest BCUT2D eigenvalue weighted by atomic mass is 19.1. The highest BCUT2D eigenvalue weighted by Gasteiger charge is 2.17. The first kappa shape index (κ1) is 19.2. The van der Waals surface area contributed by atoms with Crippen LogP contribution in [0.2, 0.25) is 0 Å². The van der Waals surface area contributed by atoms with E-state index in [4.69, 9.17) is 0 Å². The number of nitrogens with one attached hydrogen (secondary N) is 2. The summed E-state index contributed by atoms with van der Waals surface area (Å²) in [5, 5.41) is 5.36. The molecule has 0 saturated heterocycles. The van der Waals surface area contributed by atoms with Crippen LogP contribution in [0.1, 0.15) is 21.5 Å². The first-order valence-electron chi connectivity index (χ1n) is 8.19. The van der Waals surface area contributed by atoms with Gasteiger partial charge in [-0.05, 0) is 30.7 Å². The number of benzene rings is 2. The Balaban J connectivity index is 2.21. The lowest BCUT2D eigenvalue weighted by Gasteiger charge is -2.23. The second kappa shape index (κ2) is 8.80. The van der Waals surface area contributed by atoms with Crippen molar-refractivity contribution < 1.29 is 14.0 Å². The molecule has 136 valence electrons. The van der Waals surface area contributed by atoms with Crippen LogP contribution in [0.4, 0.5) is 14.9 Å². The third kappa shape index (κ3) is 4.47. The van der Waals surface area contributed by atoms with Crippen LogP contribution in [0.5, 0.6) is 0 Å². The molecule has 0 aliphatic rings. The fourth-order valence-corrected chi connectivity index (χ4v) is 2.55. The number of anilines is 1. The summed E-state index contributed by atoms with van der Waals surface area (Å²) in [5.74, 6) is -0.597. The summed E-state index contributed by atoms with van der Waals surface area (Å²) >= 11 is 0. The Kier molecular flexibility index (Phi) is 6.49. The lowest BCUT2D eigenvalue weighted by Crippen LogP contribution is -2.35. The van der Waals surface area contributed by atoms with Crippen molar-refractivity contribution in [3.8, 4) is 0 Å². The molecule has 5 nitrogen and oxygen atoms in total. The summed E-state index contributed by atoms with van der Waals surface area (Å²) < 4.78 is 13.9. The first-order chi connectivity index (χ1) is 12.5. The molecule has 0 atom stereocenters. The van der Waals surface area contributed by atoms with Gasteiger partial charge in [0.15, 0.2) is 0 Å². The Morgan fingerprint density at radius 2 is 1.92 bits per heavy atom. The van der Waals surface area contributed by atoms with Crippen LogP contribution in [0, 0.1) is 12.7 Å². The van der Waals surface area contributed by atoms with E-state index in [2.05, 4.69) is 17.2 Å². The second-order valence-electron chi connectivity index (χ2n) is 5.75. The first-order valence-corrected chi connectivity index (χ1v) is 8.19. The zero-order valence-electron chi connectivity index (χ0n) is 14.9. The van der Waals surface area contributed by atoms with Crippen LogP contribution in [-0.2, 0) is 6.54 Å². The van der Waals surface area contributed by atoms with E-state index in [0.29, 0.717) is 22.4 Å². The molecule has 0 aliphatic heterocycles. The maximum Gasteiger partial charge on any atom is 0.322 e. The third-order valence-electron chi connectivity index (χ3n) is 4.00. The molecule has 0 spiro atoms. The topological polar surface area (TPSA) is 61.4 Å². The number of carbonyl (C=O) groups is 2. The van der Waals surface area contributed by atoms with Gasteiger partial charge in [0.2, 0.25) is 0 Å². The van der Waals surface area contributed by atoms with Gasteiger partial charge < -0.3 is 15.5 Å². The van der Waals surface area contributed by atoms with Gasteiger partial charge in [0.1, 0.15) is 5.82 Å². The fourth-order valence-electron chi connectivity index (χ4n) is 2.55. The number of amides is 3. The van der Waals surface area contributed by atoms with Crippen LogP contribution in [0.15, 0.2) is 55.1 Å².